The summed E-state index contributed by atoms with van der Waals surface area (Å²) in [5, 5.41) is 3.06. The van der Waals surface area contributed by atoms with Crippen LogP contribution in [0.15, 0.2) is 55.1 Å². The molecule has 0 aliphatic carbocycles. The van der Waals surface area contributed by atoms with E-state index >= 15 is 0 Å². The van der Waals surface area contributed by atoms with Crippen molar-refractivity contribution in [2.45, 2.75) is 6.54 Å². The zero-order valence-corrected chi connectivity index (χ0v) is 10.5. The van der Waals surface area contributed by atoms with Gasteiger partial charge in [0.05, 0.1) is 0 Å². The lowest BCUT2D eigenvalue weighted by Gasteiger charge is -2.07. The first-order valence-corrected chi connectivity index (χ1v) is 5.97. The van der Waals surface area contributed by atoms with Gasteiger partial charge in [0.25, 0.3) is 0 Å². The highest BCUT2D eigenvalue weighted by Gasteiger charge is 1.98. The summed E-state index contributed by atoms with van der Waals surface area (Å²) >= 11 is 0. The van der Waals surface area contributed by atoms with E-state index < -0.39 is 5.95 Å². The molecule has 0 atom stereocenters. The maximum Gasteiger partial charge on any atom is 0.214 e. The lowest BCUT2D eigenvalue weighted by atomic mass is 10.2. The van der Waals surface area contributed by atoms with Crippen molar-refractivity contribution in [2.75, 3.05) is 11.9 Å². The topological polar surface area (TPSA) is 34.1 Å². The van der Waals surface area contributed by atoms with Gasteiger partial charge < -0.3 is 10.1 Å². The number of rotatable bonds is 6. The lowest BCUT2D eigenvalue weighted by molar-refractivity contribution is 0.363. The predicted octanol–water partition coefficient (Wildman–Crippen LogP) is 3.40. The molecular weight excluding hydrogens is 243 g/mol. The number of pyridine rings is 1. The Labute approximate surface area is 111 Å². The first kappa shape index (κ1) is 13.1. The highest BCUT2D eigenvalue weighted by Crippen LogP contribution is 2.13. The number of ether oxygens (including phenoxy) is 1. The molecule has 1 aromatic heterocycles. The van der Waals surface area contributed by atoms with E-state index in [9.17, 15) is 4.39 Å². The summed E-state index contributed by atoms with van der Waals surface area (Å²) in [5.74, 6) is 0.831. The fraction of sp³-hybridized carbons (Fsp3) is 0.133. The molecule has 0 unspecified atom stereocenters. The molecule has 1 N–H and O–H groups in total. The number of hydrogen-bond donors (Lipinski definition) is 1. The number of aromatic nitrogens is 1. The Bertz CT molecular complexity index is 540. The second-order valence-electron chi connectivity index (χ2n) is 3.94. The highest BCUT2D eigenvalue weighted by molar-refractivity contribution is 5.36. The van der Waals surface area contributed by atoms with Crippen LogP contribution in [0, 0.1) is 5.95 Å². The fourth-order valence-corrected chi connectivity index (χ4v) is 1.56. The van der Waals surface area contributed by atoms with Gasteiger partial charge in [-0.1, -0.05) is 30.9 Å². The van der Waals surface area contributed by atoms with Gasteiger partial charge in [-0.25, -0.2) is 4.98 Å². The Morgan fingerprint density at radius 2 is 2.00 bits per heavy atom. The SMILES string of the molecule is C=CCOc1ccc(CNc2cccc(F)n2)cc1. The van der Waals surface area contributed by atoms with E-state index in [2.05, 4.69) is 16.9 Å². The first-order chi connectivity index (χ1) is 9.28. The third kappa shape index (κ3) is 4.10. The van der Waals surface area contributed by atoms with Gasteiger partial charge in [-0.15, -0.1) is 0 Å². The van der Waals surface area contributed by atoms with Crippen LogP contribution in [0.4, 0.5) is 10.2 Å². The Balaban J connectivity index is 1.91. The van der Waals surface area contributed by atoms with Gasteiger partial charge in [0.15, 0.2) is 0 Å². The maximum atomic E-state index is 12.9. The molecular formula is C15H15FN2O. The minimum Gasteiger partial charge on any atom is -0.490 e. The maximum absolute atomic E-state index is 12.9. The van der Waals surface area contributed by atoms with Gasteiger partial charge in [0.2, 0.25) is 5.95 Å². The minimum absolute atomic E-state index is 0.488. The summed E-state index contributed by atoms with van der Waals surface area (Å²) in [4.78, 5) is 3.73. The van der Waals surface area contributed by atoms with Gasteiger partial charge in [0, 0.05) is 6.54 Å². The van der Waals surface area contributed by atoms with Crippen molar-refractivity contribution in [1.82, 2.24) is 4.98 Å². The molecule has 0 saturated heterocycles. The molecule has 0 saturated carbocycles. The smallest absolute Gasteiger partial charge is 0.214 e. The van der Waals surface area contributed by atoms with Crippen LogP contribution in [0.3, 0.4) is 0 Å². The number of hydrogen-bond acceptors (Lipinski definition) is 3. The van der Waals surface area contributed by atoms with E-state index in [1.165, 1.54) is 6.07 Å². The molecule has 19 heavy (non-hydrogen) atoms. The highest BCUT2D eigenvalue weighted by atomic mass is 19.1. The average molecular weight is 258 g/mol. The van der Waals surface area contributed by atoms with Crippen molar-refractivity contribution in [3.8, 4) is 5.75 Å². The van der Waals surface area contributed by atoms with Gasteiger partial charge in [-0.3, -0.25) is 0 Å². The van der Waals surface area contributed by atoms with Crippen molar-refractivity contribution in [1.29, 1.82) is 0 Å². The Morgan fingerprint density at radius 1 is 1.21 bits per heavy atom. The summed E-state index contributed by atoms with van der Waals surface area (Å²) in [7, 11) is 0. The zero-order valence-electron chi connectivity index (χ0n) is 10.5. The molecule has 0 aliphatic rings. The summed E-state index contributed by atoms with van der Waals surface area (Å²) in [5.41, 5.74) is 1.07. The summed E-state index contributed by atoms with van der Waals surface area (Å²) in [6.45, 7) is 4.66. The third-order valence-electron chi connectivity index (χ3n) is 2.48. The van der Waals surface area contributed by atoms with Crippen LogP contribution >= 0.6 is 0 Å². The van der Waals surface area contributed by atoms with E-state index in [0.29, 0.717) is 19.0 Å². The molecule has 0 bridgehead atoms. The first-order valence-electron chi connectivity index (χ1n) is 5.97. The fourth-order valence-electron chi connectivity index (χ4n) is 1.56. The standard InChI is InChI=1S/C15H15FN2O/c1-2-10-19-13-8-6-12(7-9-13)11-17-15-5-3-4-14(16)18-15/h2-9H,1,10-11H2,(H,17,18). The van der Waals surface area contributed by atoms with Crippen molar-refractivity contribution >= 4 is 5.82 Å². The van der Waals surface area contributed by atoms with Gasteiger partial charge >= 0.3 is 0 Å². The van der Waals surface area contributed by atoms with Crippen LogP contribution < -0.4 is 10.1 Å². The van der Waals surface area contributed by atoms with Crippen molar-refractivity contribution < 1.29 is 9.13 Å². The third-order valence-corrected chi connectivity index (χ3v) is 2.48. The molecule has 2 rings (SSSR count). The van der Waals surface area contributed by atoms with Gasteiger partial charge in [-0.2, -0.15) is 4.39 Å². The quantitative estimate of drug-likeness (QED) is 0.637. The molecule has 4 heteroatoms. The van der Waals surface area contributed by atoms with Gasteiger partial charge in [-0.05, 0) is 29.8 Å². The van der Waals surface area contributed by atoms with Crippen molar-refractivity contribution in [3.63, 3.8) is 0 Å². The molecule has 0 radical (unpaired) electrons. The molecule has 2 aromatic rings. The van der Waals surface area contributed by atoms with E-state index in [-0.39, 0.29) is 0 Å². The summed E-state index contributed by atoms with van der Waals surface area (Å²) in [6, 6.07) is 12.3. The number of halogens is 1. The van der Waals surface area contributed by atoms with E-state index in [1.807, 2.05) is 24.3 Å². The number of nitrogens with zero attached hydrogens (tertiary/aromatic N) is 1. The van der Waals surface area contributed by atoms with E-state index in [4.69, 9.17) is 4.74 Å². The van der Waals surface area contributed by atoms with Crippen LogP contribution in [0.25, 0.3) is 0 Å². The van der Waals surface area contributed by atoms with Crippen LogP contribution in [0.2, 0.25) is 0 Å². The number of benzene rings is 1. The molecule has 1 heterocycles. The average Bonchev–Trinajstić information content (AvgIpc) is 2.44. The Morgan fingerprint density at radius 3 is 2.68 bits per heavy atom. The van der Waals surface area contributed by atoms with Crippen LogP contribution in [0.5, 0.6) is 5.75 Å². The minimum atomic E-state index is -0.488. The molecule has 0 aliphatic heterocycles. The van der Waals surface area contributed by atoms with Gasteiger partial charge in [0.1, 0.15) is 18.2 Å². The van der Waals surface area contributed by atoms with E-state index in [1.54, 1.807) is 18.2 Å². The molecule has 98 valence electrons. The van der Waals surface area contributed by atoms with Crippen LogP contribution in [-0.2, 0) is 6.54 Å². The molecule has 0 amide bonds. The lowest BCUT2D eigenvalue weighted by Crippen LogP contribution is -2.02. The van der Waals surface area contributed by atoms with E-state index in [0.717, 1.165) is 11.3 Å². The normalized spacial score (nSPS) is 9.95. The Hall–Kier alpha value is -2.36. The summed E-state index contributed by atoms with van der Waals surface area (Å²) < 4.78 is 18.3. The zero-order chi connectivity index (χ0) is 13.5. The summed E-state index contributed by atoms with van der Waals surface area (Å²) in [6.07, 6.45) is 1.70. The largest absolute Gasteiger partial charge is 0.490 e. The number of anilines is 1. The second-order valence-corrected chi connectivity index (χ2v) is 3.94. The second kappa shape index (κ2) is 6.54. The van der Waals surface area contributed by atoms with Crippen molar-refractivity contribution in [2.24, 2.45) is 0 Å². The van der Waals surface area contributed by atoms with Crippen LogP contribution in [0.1, 0.15) is 5.56 Å². The monoisotopic (exact) mass is 258 g/mol. The van der Waals surface area contributed by atoms with Crippen LogP contribution in [-0.4, -0.2) is 11.6 Å². The Kier molecular flexibility index (Phi) is 4.50. The van der Waals surface area contributed by atoms with Crippen molar-refractivity contribution in [3.05, 3.63) is 66.6 Å². The molecule has 0 fully saturated rings. The predicted molar refractivity (Wildman–Crippen MR) is 73.7 cm³/mol. The molecule has 0 spiro atoms. The molecule has 3 nitrogen and oxygen atoms in total. The molecule has 1 aromatic carbocycles. The number of nitrogens with one attached hydrogen (secondary N) is 1.